The molecule has 1 aliphatic heterocycles. The third-order valence-electron chi connectivity index (χ3n) is 3.69. The molecule has 0 amide bonds. The molecule has 1 fully saturated rings. The first-order chi connectivity index (χ1) is 9.65. The highest BCUT2D eigenvalue weighted by Gasteiger charge is 2.17. The number of nitrogens with zero attached hydrogens (tertiary/aromatic N) is 2. The van der Waals surface area contributed by atoms with Crippen LogP contribution in [-0.2, 0) is 6.54 Å². The number of halogens is 2. The van der Waals surface area contributed by atoms with Crippen molar-refractivity contribution in [2.45, 2.75) is 31.8 Å². The molecule has 6 heteroatoms. The molecule has 4 nitrogen and oxygen atoms in total. The van der Waals surface area contributed by atoms with Gasteiger partial charge >= 0.3 is 0 Å². The van der Waals surface area contributed by atoms with E-state index in [1.54, 1.807) is 0 Å². The highest BCUT2D eigenvalue weighted by Crippen LogP contribution is 2.15. The molecule has 2 aromatic rings. The quantitative estimate of drug-likeness (QED) is 0.865. The van der Waals surface area contributed by atoms with Crippen LogP contribution in [0.15, 0.2) is 23.0 Å². The lowest BCUT2D eigenvalue weighted by molar-refractivity contribution is 0.359. The molecule has 1 atom stereocenters. The minimum Gasteiger partial charge on any atom is -0.312 e. The summed E-state index contributed by atoms with van der Waals surface area (Å²) in [5.74, 6) is -0.424. The van der Waals surface area contributed by atoms with Crippen LogP contribution >= 0.6 is 11.6 Å². The van der Waals surface area contributed by atoms with Crippen LogP contribution in [0.5, 0.6) is 0 Å². The average Bonchev–Trinajstić information content (AvgIpc) is 2.44. The highest BCUT2D eigenvalue weighted by molar-refractivity contribution is 6.28. The Bertz CT molecular complexity index is 695. The van der Waals surface area contributed by atoms with Crippen molar-refractivity contribution < 1.29 is 4.39 Å². The summed E-state index contributed by atoms with van der Waals surface area (Å²) in [7, 11) is 0. The first kappa shape index (κ1) is 13.5. The predicted octanol–water partition coefficient (Wildman–Crippen LogP) is 2.33. The second kappa shape index (κ2) is 5.50. The molecule has 0 spiro atoms. The van der Waals surface area contributed by atoms with Crippen LogP contribution in [0.1, 0.15) is 19.3 Å². The molecule has 0 radical (unpaired) electrons. The van der Waals surface area contributed by atoms with E-state index in [1.165, 1.54) is 22.8 Å². The van der Waals surface area contributed by atoms with Gasteiger partial charge in [0.05, 0.1) is 10.9 Å². The van der Waals surface area contributed by atoms with Gasteiger partial charge in [-0.3, -0.25) is 9.36 Å². The molecule has 20 heavy (non-hydrogen) atoms. The number of rotatable bonds is 2. The minimum absolute atomic E-state index is 0.112. The van der Waals surface area contributed by atoms with E-state index in [0.29, 0.717) is 17.4 Å². The van der Waals surface area contributed by atoms with E-state index in [-0.39, 0.29) is 16.9 Å². The summed E-state index contributed by atoms with van der Waals surface area (Å²) in [5.41, 5.74) is 0.0835. The van der Waals surface area contributed by atoms with Crippen molar-refractivity contribution >= 4 is 22.5 Å². The van der Waals surface area contributed by atoms with Gasteiger partial charge in [0.25, 0.3) is 5.56 Å². The normalized spacial score (nSPS) is 19.4. The molecule has 0 aliphatic carbocycles. The summed E-state index contributed by atoms with van der Waals surface area (Å²) in [6.07, 6.45) is 3.33. The monoisotopic (exact) mass is 295 g/mol. The molecule has 0 bridgehead atoms. The average molecular weight is 296 g/mol. The second-order valence-electron chi connectivity index (χ2n) is 5.10. The van der Waals surface area contributed by atoms with Crippen LogP contribution in [-0.4, -0.2) is 22.1 Å². The first-order valence-corrected chi connectivity index (χ1v) is 7.12. The molecule has 1 saturated heterocycles. The lowest BCUT2D eigenvalue weighted by Crippen LogP contribution is -2.40. The molecule has 3 rings (SSSR count). The fourth-order valence-electron chi connectivity index (χ4n) is 2.63. The van der Waals surface area contributed by atoms with E-state index in [0.717, 1.165) is 25.8 Å². The Labute approximate surface area is 120 Å². The third kappa shape index (κ3) is 2.55. The summed E-state index contributed by atoms with van der Waals surface area (Å²) in [4.78, 5) is 16.5. The number of benzene rings is 1. The summed E-state index contributed by atoms with van der Waals surface area (Å²) in [6.45, 7) is 1.46. The molecule has 1 unspecified atom stereocenters. The molecule has 2 heterocycles. The van der Waals surface area contributed by atoms with Gasteiger partial charge in [0, 0.05) is 18.7 Å². The summed E-state index contributed by atoms with van der Waals surface area (Å²) in [5, 5.41) is 3.88. The van der Waals surface area contributed by atoms with Crippen molar-refractivity contribution in [2.75, 3.05) is 6.54 Å². The Hall–Kier alpha value is -1.46. The van der Waals surface area contributed by atoms with Crippen molar-refractivity contribution in [3.05, 3.63) is 39.7 Å². The van der Waals surface area contributed by atoms with Gasteiger partial charge in [-0.1, -0.05) is 6.42 Å². The van der Waals surface area contributed by atoms with Crippen LogP contribution in [0.2, 0.25) is 5.28 Å². The van der Waals surface area contributed by atoms with Gasteiger partial charge in [0.1, 0.15) is 5.82 Å². The zero-order chi connectivity index (χ0) is 14.1. The van der Waals surface area contributed by atoms with Crippen LogP contribution in [0.4, 0.5) is 4.39 Å². The molecule has 1 aromatic heterocycles. The number of fused-ring (bicyclic) bond motifs is 1. The maximum absolute atomic E-state index is 13.2. The first-order valence-electron chi connectivity index (χ1n) is 6.74. The molecule has 1 aliphatic rings. The van der Waals surface area contributed by atoms with E-state index in [9.17, 15) is 9.18 Å². The number of hydrogen-bond donors (Lipinski definition) is 1. The minimum atomic E-state index is -0.424. The van der Waals surface area contributed by atoms with Crippen molar-refractivity contribution in [1.82, 2.24) is 14.9 Å². The van der Waals surface area contributed by atoms with Gasteiger partial charge in [0.15, 0.2) is 0 Å². The molecule has 1 aromatic carbocycles. The molecule has 1 N–H and O–H groups in total. The maximum atomic E-state index is 13.2. The van der Waals surface area contributed by atoms with Crippen molar-refractivity contribution in [3.63, 3.8) is 0 Å². The van der Waals surface area contributed by atoms with Gasteiger partial charge in [-0.25, -0.2) is 9.37 Å². The fourth-order valence-corrected chi connectivity index (χ4v) is 2.86. The molecule has 106 valence electrons. The van der Waals surface area contributed by atoms with Gasteiger partial charge in [-0.05, 0) is 43.1 Å². The van der Waals surface area contributed by atoms with Gasteiger partial charge in [-0.15, -0.1) is 0 Å². The standard InChI is InChI=1S/C14H15ClFN3O/c15-14-18-12-7-9(16)4-5-11(12)13(20)19(14)8-10-3-1-2-6-17-10/h4-5,7,10,17H,1-3,6,8H2. The van der Waals surface area contributed by atoms with E-state index in [1.807, 2.05) is 0 Å². The Balaban J connectivity index is 2.02. The molecular formula is C14H15ClFN3O. The predicted molar refractivity (Wildman–Crippen MR) is 76.6 cm³/mol. The Morgan fingerprint density at radius 2 is 2.30 bits per heavy atom. The van der Waals surface area contributed by atoms with Crippen LogP contribution in [0.25, 0.3) is 10.9 Å². The molecular weight excluding hydrogens is 281 g/mol. The van der Waals surface area contributed by atoms with Gasteiger partial charge < -0.3 is 5.32 Å². The van der Waals surface area contributed by atoms with Gasteiger partial charge in [-0.2, -0.15) is 0 Å². The summed E-state index contributed by atoms with van der Waals surface area (Å²) >= 11 is 6.08. The van der Waals surface area contributed by atoms with Crippen molar-refractivity contribution in [3.8, 4) is 0 Å². The lowest BCUT2D eigenvalue weighted by atomic mass is 10.1. The van der Waals surface area contributed by atoms with E-state index < -0.39 is 5.82 Å². The van der Waals surface area contributed by atoms with E-state index >= 15 is 0 Å². The van der Waals surface area contributed by atoms with Crippen LogP contribution in [0.3, 0.4) is 0 Å². The summed E-state index contributed by atoms with van der Waals surface area (Å²) in [6, 6.07) is 4.19. The maximum Gasteiger partial charge on any atom is 0.262 e. The fraction of sp³-hybridized carbons (Fsp3) is 0.429. The van der Waals surface area contributed by atoms with Crippen LogP contribution < -0.4 is 10.9 Å². The zero-order valence-electron chi connectivity index (χ0n) is 10.9. The van der Waals surface area contributed by atoms with Gasteiger partial charge in [0.2, 0.25) is 5.28 Å². The zero-order valence-corrected chi connectivity index (χ0v) is 11.7. The smallest absolute Gasteiger partial charge is 0.262 e. The van der Waals surface area contributed by atoms with E-state index in [2.05, 4.69) is 10.3 Å². The van der Waals surface area contributed by atoms with E-state index in [4.69, 9.17) is 11.6 Å². The number of aromatic nitrogens is 2. The SMILES string of the molecule is O=c1c2ccc(F)cc2nc(Cl)n1CC1CCCCN1. The van der Waals surface area contributed by atoms with Crippen molar-refractivity contribution in [1.29, 1.82) is 0 Å². The largest absolute Gasteiger partial charge is 0.312 e. The molecule has 0 saturated carbocycles. The number of hydrogen-bond acceptors (Lipinski definition) is 3. The summed E-state index contributed by atoms with van der Waals surface area (Å²) < 4.78 is 14.6. The van der Waals surface area contributed by atoms with Crippen LogP contribution in [0, 0.1) is 5.82 Å². The second-order valence-corrected chi connectivity index (χ2v) is 5.44. The Morgan fingerprint density at radius 1 is 1.45 bits per heavy atom. The van der Waals surface area contributed by atoms with Crippen molar-refractivity contribution in [2.24, 2.45) is 0 Å². The number of piperidine rings is 1. The lowest BCUT2D eigenvalue weighted by Gasteiger charge is -2.24. The highest BCUT2D eigenvalue weighted by atomic mass is 35.5. The Kier molecular flexibility index (Phi) is 3.72. The number of nitrogens with one attached hydrogen (secondary N) is 1. The third-order valence-corrected chi connectivity index (χ3v) is 3.97. The topological polar surface area (TPSA) is 46.9 Å². The Morgan fingerprint density at radius 3 is 3.05 bits per heavy atom.